The first kappa shape index (κ1) is 11.6. The molecule has 2 heteroatoms. The van der Waals surface area contributed by atoms with Gasteiger partial charge < -0.3 is 5.32 Å². The minimum Gasteiger partial charge on any atom is -0.311 e. The van der Waals surface area contributed by atoms with Crippen LogP contribution in [0.15, 0.2) is 18.2 Å². The zero-order valence-corrected chi connectivity index (χ0v) is 10.2. The van der Waals surface area contributed by atoms with E-state index in [2.05, 4.69) is 22.4 Å². The quantitative estimate of drug-likeness (QED) is 0.840. The van der Waals surface area contributed by atoms with Crippen LogP contribution in [-0.2, 0) is 6.54 Å². The summed E-state index contributed by atoms with van der Waals surface area (Å²) in [7, 11) is 0. The first-order valence-corrected chi connectivity index (χ1v) is 6.48. The highest BCUT2D eigenvalue weighted by molar-refractivity contribution is 5.09. The largest absolute Gasteiger partial charge is 0.311 e. The Labute approximate surface area is 98.5 Å². The van der Waals surface area contributed by atoms with Crippen LogP contribution in [0.25, 0.3) is 0 Å². The van der Waals surface area contributed by atoms with E-state index in [1.165, 1.54) is 32.1 Å². The maximum Gasteiger partial charge on any atom is 0.0544 e. The lowest BCUT2D eigenvalue weighted by atomic mass is 9.89. The van der Waals surface area contributed by atoms with Crippen LogP contribution >= 0.6 is 0 Å². The molecule has 1 saturated carbocycles. The molecule has 0 aromatic carbocycles. The van der Waals surface area contributed by atoms with E-state index in [1.54, 1.807) is 0 Å². The fourth-order valence-corrected chi connectivity index (χ4v) is 2.49. The Hall–Kier alpha value is -0.890. The van der Waals surface area contributed by atoms with Gasteiger partial charge >= 0.3 is 0 Å². The summed E-state index contributed by atoms with van der Waals surface area (Å²) >= 11 is 0. The molecule has 0 bridgehead atoms. The molecule has 0 unspecified atom stereocenters. The SMILES string of the molecule is Cc1cccc(CNCC2CCCCC2)n1. The fraction of sp³-hybridized carbons (Fsp3) is 0.643. The molecule has 88 valence electrons. The third-order valence-corrected chi connectivity index (χ3v) is 3.41. The molecule has 1 fully saturated rings. The van der Waals surface area contributed by atoms with Crippen molar-refractivity contribution in [2.24, 2.45) is 5.92 Å². The van der Waals surface area contributed by atoms with Gasteiger partial charge in [0.15, 0.2) is 0 Å². The van der Waals surface area contributed by atoms with E-state index in [-0.39, 0.29) is 0 Å². The molecule has 0 aliphatic heterocycles. The summed E-state index contributed by atoms with van der Waals surface area (Å²) in [5, 5.41) is 3.54. The van der Waals surface area contributed by atoms with E-state index in [0.29, 0.717) is 0 Å². The standard InChI is InChI=1S/C14H22N2/c1-12-6-5-9-14(16-12)11-15-10-13-7-3-2-4-8-13/h5-6,9,13,15H,2-4,7-8,10-11H2,1H3. The van der Waals surface area contributed by atoms with Crippen molar-refractivity contribution < 1.29 is 0 Å². The molecule has 2 rings (SSSR count). The van der Waals surface area contributed by atoms with E-state index in [9.17, 15) is 0 Å². The van der Waals surface area contributed by atoms with Crippen molar-refractivity contribution in [2.45, 2.75) is 45.6 Å². The monoisotopic (exact) mass is 218 g/mol. The lowest BCUT2D eigenvalue weighted by molar-refractivity contribution is 0.341. The summed E-state index contributed by atoms with van der Waals surface area (Å²) in [5.74, 6) is 0.901. The molecule has 1 aliphatic carbocycles. The minimum absolute atomic E-state index is 0.901. The zero-order chi connectivity index (χ0) is 11.2. The van der Waals surface area contributed by atoms with Crippen molar-refractivity contribution in [3.8, 4) is 0 Å². The van der Waals surface area contributed by atoms with E-state index >= 15 is 0 Å². The lowest BCUT2D eigenvalue weighted by Gasteiger charge is -2.21. The molecule has 1 N–H and O–H groups in total. The van der Waals surface area contributed by atoms with Gasteiger partial charge in [0.1, 0.15) is 0 Å². The summed E-state index contributed by atoms with van der Waals surface area (Å²) in [6.07, 6.45) is 7.11. The molecule has 1 aromatic rings. The highest BCUT2D eigenvalue weighted by atomic mass is 14.9. The van der Waals surface area contributed by atoms with Crippen molar-refractivity contribution in [2.75, 3.05) is 6.54 Å². The van der Waals surface area contributed by atoms with Crippen LogP contribution in [0.2, 0.25) is 0 Å². The number of aryl methyl sites for hydroxylation is 1. The third-order valence-electron chi connectivity index (χ3n) is 3.41. The number of hydrogen-bond acceptors (Lipinski definition) is 2. The summed E-state index contributed by atoms with van der Waals surface area (Å²) in [6, 6.07) is 6.23. The zero-order valence-electron chi connectivity index (χ0n) is 10.2. The smallest absolute Gasteiger partial charge is 0.0544 e. The molecular weight excluding hydrogens is 196 g/mol. The maximum atomic E-state index is 4.49. The molecule has 0 atom stereocenters. The third kappa shape index (κ3) is 3.60. The number of aromatic nitrogens is 1. The Balaban J connectivity index is 1.71. The second-order valence-corrected chi connectivity index (χ2v) is 4.91. The highest BCUT2D eigenvalue weighted by Gasteiger charge is 2.12. The normalized spacial score (nSPS) is 17.6. The van der Waals surface area contributed by atoms with E-state index < -0.39 is 0 Å². The van der Waals surface area contributed by atoms with Gasteiger partial charge in [-0.15, -0.1) is 0 Å². The predicted octanol–water partition coefficient (Wildman–Crippen LogP) is 3.06. The van der Waals surface area contributed by atoms with Crippen LogP contribution < -0.4 is 5.32 Å². The number of nitrogens with zero attached hydrogens (tertiary/aromatic N) is 1. The van der Waals surface area contributed by atoms with Crippen molar-refractivity contribution in [3.63, 3.8) is 0 Å². The van der Waals surface area contributed by atoms with Gasteiger partial charge in [0.05, 0.1) is 5.69 Å². The summed E-state index contributed by atoms with van der Waals surface area (Å²) in [6.45, 7) is 4.12. The number of pyridine rings is 1. The highest BCUT2D eigenvalue weighted by Crippen LogP contribution is 2.22. The van der Waals surface area contributed by atoms with Crippen molar-refractivity contribution >= 4 is 0 Å². The van der Waals surface area contributed by atoms with Gasteiger partial charge in [-0.25, -0.2) is 0 Å². The average molecular weight is 218 g/mol. The second-order valence-electron chi connectivity index (χ2n) is 4.91. The molecule has 1 aliphatic rings. The topological polar surface area (TPSA) is 24.9 Å². The van der Waals surface area contributed by atoms with Gasteiger partial charge in [-0.1, -0.05) is 25.3 Å². The molecule has 1 aromatic heterocycles. The summed E-state index contributed by atoms with van der Waals surface area (Å²) in [4.78, 5) is 4.49. The van der Waals surface area contributed by atoms with Crippen molar-refractivity contribution in [1.82, 2.24) is 10.3 Å². The van der Waals surface area contributed by atoms with Crippen LogP contribution in [-0.4, -0.2) is 11.5 Å². The number of rotatable bonds is 4. The first-order chi connectivity index (χ1) is 7.84. The maximum absolute atomic E-state index is 4.49. The predicted molar refractivity (Wildman–Crippen MR) is 67.3 cm³/mol. The lowest BCUT2D eigenvalue weighted by Crippen LogP contribution is -2.24. The van der Waals surface area contributed by atoms with Gasteiger partial charge in [-0.3, -0.25) is 4.98 Å². The Morgan fingerprint density at radius 3 is 2.81 bits per heavy atom. The molecule has 0 saturated heterocycles. The Morgan fingerprint density at radius 2 is 2.06 bits per heavy atom. The molecule has 0 spiro atoms. The van der Waals surface area contributed by atoms with Crippen LogP contribution in [0.3, 0.4) is 0 Å². The van der Waals surface area contributed by atoms with Crippen LogP contribution in [0.4, 0.5) is 0 Å². The number of nitrogens with one attached hydrogen (secondary N) is 1. The van der Waals surface area contributed by atoms with E-state index in [0.717, 1.165) is 30.4 Å². The molecule has 0 radical (unpaired) electrons. The van der Waals surface area contributed by atoms with E-state index in [1.807, 2.05) is 13.0 Å². The van der Waals surface area contributed by atoms with Gasteiger partial charge in [-0.05, 0) is 44.4 Å². The van der Waals surface area contributed by atoms with Gasteiger partial charge in [-0.2, -0.15) is 0 Å². The average Bonchev–Trinajstić information content (AvgIpc) is 2.30. The molecule has 0 amide bonds. The van der Waals surface area contributed by atoms with Crippen molar-refractivity contribution in [1.29, 1.82) is 0 Å². The minimum atomic E-state index is 0.901. The Bertz CT molecular complexity index is 316. The van der Waals surface area contributed by atoms with Gasteiger partial charge in [0, 0.05) is 12.2 Å². The van der Waals surface area contributed by atoms with Gasteiger partial charge in [0.2, 0.25) is 0 Å². The Morgan fingerprint density at radius 1 is 1.25 bits per heavy atom. The fourth-order valence-electron chi connectivity index (χ4n) is 2.49. The van der Waals surface area contributed by atoms with Gasteiger partial charge in [0.25, 0.3) is 0 Å². The second kappa shape index (κ2) is 6.00. The van der Waals surface area contributed by atoms with Crippen LogP contribution in [0.1, 0.15) is 43.5 Å². The van der Waals surface area contributed by atoms with Crippen LogP contribution in [0.5, 0.6) is 0 Å². The molecule has 1 heterocycles. The summed E-state index contributed by atoms with van der Waals surface area (Å²) < 4.78 is 0. The van der Waals surface area contributed by atoms with Crippen LogP contribution in [0, 0.1) is 12.8 Å². The Kier molecular flexibility index (Phi) is 4.34. The first-order valence-electron chi connectivity index (χ1n) is 6.48. The number of hydrogen-bond donors (Lipinski definition) is 1. The molecular formula is C14H22N2. The van der Waals surface area contributed by atoms with E-state index in [4.69, 9.17) is 0 Å². The molecule has 16 heavy (non-hydrogen) atoms. The molecule has 2 nitrogen and oxygen atoms in total. The summed E-state index contributed by atoms with van der Waals surface area (Å²) in [5.41, 5.74) is 2.27. The van der Waals surface area contributed by atoms with Crippen molar-refractivity contribution in [3.05, 3.63) is 29.6 Å².